The molecule has 2 saturated heterocycles. The van der Waals surface area contributed by atoms with Gasteiger partial charge in [-0.3, -0.25) is 9.69 Å². The molecule has 1 N–H and O–H groups in total. The molecule has 0 bridgehead atoms. The van der Waals surface area contributed by atoms with Crippen LogP contribution in [-0.2, 0) is 11.3 Å². The second-order valence-electron chi connectivity index (χ2n) is 10.8. The lowest BCUT2D eigenvalue weighted by Gasteiger charge is -2.31. The van der Waals surface area contributed by atoms with Gasteiger partial charge in [-0.25, -0.2) is 0 Å². The molecule has 5 nitrogen and oxygen atoms in total. The molecule has 0 radical (unpaired) electrons. The standard InChI is InChI=1S/C29H39N3O2/c1-20(2)21(3)31-17-24-15-16-32(28(24)18-31)26-13-11-25(12-14-26)30-29(33)23-9-7-22(8-10-23)19-34-27-5-4-6-27/h7-14,20-21,24,27-28H,4-6,15-19H2,1-3H3,(H,30,33)/t21?,24-,28+/m1/s1. The largest absolute Gasteiger partial charge is 0.374 e. The first-order valence-corrected chi connectivity index (χ1v) is 13.1. The van der Waals surface area contributed by atoms with Crippen LogP contribution in [-0.4, -0.2) is 48.6 Å². The number of anilines is 2. The molecule has 1 saturated carbocycles. The van der Waals surface area contributed by atoms with Crippen molar-refractivity contribution in [1.82, 2.24) is 4.90 Å². The number of hydrogen-bond acceptors (Lipinski definition) is 4. The minimum absolute atomic E-state index is 0.0745. The van der Waals surface area contributed by atoms with E-state index in [2.05, 4.69) is 48.0 Å². The second-order valence-corrected chi connectivity index (χ2v) is 10.8. The fourth-order valence-corrected chi connectivity index (χ4v) is 5.51. The van der Waals surface area contributed by atoms with E-state index in [1.807, 2.05) is 36.4 Å². The Morgan fingerprint density at radius 3 is 2.38 bits per heavy atom. The SMILES string of the molecule is CC(C)C(C)N1C[C@H]2CCN(c3ccc(NC(=O)c4ccc(COC5CCC5)cc4)cc3)[C@H]2C1. The van der Waals surface area contributed by atoms with E-state index >= 15 is 0 Å². The molecule has 2 aromatic rings. The average Bonchev–Trinajstić information content (AvgIpc) is 3.39. The molecule has 1 aliphatic carbocycles. The highest BCUT2D eigenvalue weighted by Gasteiger charge is 2.42. The van der Waals surface area contributed by atoms with Gasteiger partial charge in [0, 0.05) is 48.7 Å². The summed E-state index contributed by atoms with van der Waals surface area (Å²) in [6.07, 6.45) is 5.32. The fourth-order valence-electron chi connectivity index (χ4n) is 5.51. The van der Waals surface area contributed by atoms with Gasteiger partial charge in [0.25, 0.3) is 5.91 Å². The number of benzene rings is 2. The van der Waals surface area contributed by atoms with Crippen LogP contribution in [0.1, 0.15) is 62.4 Å². The van der Waals surface area contributed by atoms with E-state index in [1.165, 1.54) is 37.9 Å². The van der Waals surface area contributed by atoms with Crippen molar-refractivity contribution < 1.29 is 9.53 Å². The van der Waals surface area contributed by atoms with E-state index < -0.39 is 0 Å². The fraction of sp³-hybridized carbons (Fsp3) is 0.552. The lowest BCUT2D eigenvalue weighted by Crippen LogP contribution is -2.39. The van der Waals surface area contributed by atoms with Crippen molar-refractivity contribution in [2.45, 2.75) is 71.2 Å². The number of rotatable bonds is 8. The Morgan fingerprint density at radius 2 is 1.74 bits per heavy atom. The molecular weight excluding hydrogens is 422 g/mol. The molecule has 2 heterocycles. The Kier molecular flexibility index (Phi) is 6.94. The maximum absolute atomic E-state index is 12.7. The summed E-state index contributed by atoms with van der Waals surface area (Å²) in [6.45, 7) is 11.1. The van der Waals surface area contributed by atoms with Gasteiger partial charge in [-0.05, 0) is 86.4 Å². The number of carbonyl (C=O) groups excluding carboxylic acids is 1. The van der Waals surface area contributed by atoms with E-state index in [-0.39, 0.29) is 5.91 Å². The van der Waals surface area contributed by atoms with Gasteiger partial charge in [-0.1, -0.05) is 26.0 Å². The van der Waals surface area contributed by atoms with Gasteiger partial charge in [-0.15, -0.1) is 0 Å². The molecule has 1 unspecified atom stereocenters. The van der Waals surface area contributed by atoms with Crippen molar-refractivity contribution in [3.8, 4) is 0 Å². The van der Waals surface area contributed by atoms with Crippen LogP contribution >= 0.6 is 0 Å². The zero-order valence-corrected chi connectivity index (χ0v) is 20.9. The Labute approximate surface area is 204 Å². The number of amides is 1. The highest BCUT2D eigenvalue weighted by atomic mass is 16.5. The van der Waals surface area contributed by atoms with Gasteiger partial charge in [0.2, 0.25) is 0 Å². The van der Waals surface area contributed by atoms with Crippen LogP contribution in [0.25, 0.3) is 0 Å². The van der Waals surface area contributed by atoms with Crippen LogP contribution in [0.4, 0.5) is 11.4 Å². The molecule has 3 atom stereocenters. The molecule has 5 rings (SSSR count). The summed E-state index contributed by atoms with van der Waals surface area (Å²) < 4.78 is 5.86. The number of ether oxygens (including phenoxy) is 1. The predicted octanol–water partition coefficient (Wildman–Crippen LogP) is 5.56. The van der Waals surface area contributed by atoms with Crippen molar-refractivity contribution >= 4 is 17.3 Å². The van der Waals surface area contributed by atoms with Crippen LogP contribution in [0.15, 0.2) is 48.5 Å². The van der Waals surface area contributed by atoms with E-state index in [1.54, 1.807) is 0 Å². The summed E-state index contributed by atoms with van der Waals surface area (Å²) in [5.74, 6) is 1.38. The van der Waals surface area contributed by atoms with Crippen molar-refractivity contribution in [1.29, 1.82) is 0 Å². The number of hydrogen-bond donors (Lipinski definition) is 1. The predicted molar refractivity (Wildman–Crippen MR) is 138 cm³/mol. The average molecular weight is 462 g/mol. The first kappa shape index (κ1) is 23.4. The van der Waals surface area contributed by atoms with Gasteiger partial charge >= 0.3 is 0 Å². The van der Waals surface area contributed by atoms with Gasteiger partial charge in [0.05, 0.1) is 12.7 Å². The number of fused-ring (bicyclic) bond motifs is 1. The third-order valence-electron chi connectivity index (χ3n) is 8.33. The Hall–Kier alpha value is -2.37. The molecule has 0 aromatic heterocycles. The summed E-state index contributed by atoms with van der Waals surface area (Å²) >= 11 is 0. The number of nitrogens with zero attached hydrogens (tertiary/aromatic N) is 2. The van der Waals surface area contributed by atoms with Crippen molar-refractivity contribution in [3.05, 3.63) is 59.7 Å². The molecule has 5 heteroatoms. The zero-order chi connectivity index (χ0) is 23.7. The topological polar surface area (TPSA) is 44.8 Å². The second kappa shape index (κ2) is 10.1. The van der Waals surface area contributed by atoms with E-state index in [4.69, 9.17) is 4.74 Å². The summed E-state index contributed by atoms with van der Waals surface area (Å²) in [5.41, 5.74) is 3.89. The Bertz CT molecular complexity index is 968. The minimum Gasteiger partial charge on any atom is -0.374 e. The van der Waals surface area contributed by atoms with E-state index in [9.17, 15) is 4.79 Å². The maximum Gasteiger partial charge on any atom is 0.255 e. The molecule has 2 aromatic carbocycles. The number of likely N-dealkylation sites (tertiary alicyclic amines) is 1. The monoisotopic (exact) mass is 461 g/mol. The number of nitrogens with one attached hydrogen (secondary N) is 1. The third-order valence-corrected chi connectivity index (χ3v) is 8.33. The first-order valence-electron chi connectivity index (χ1n) is 13.1. The van der Waals surface area contributed by atoms with Crippen LogP contribution in [0.2, 0.25) is 0 Å². The molecule has 3 fully saturated rings. The van der Waals surface area contributed by atoms with E-state index in [0.717, 1.165) is 30.3 Å². The van der Waals surface area contributed by atoms with Gasteiger partial charge in [0.1, 0.15) is 0 Å². The zero-order valence-electron chi connectivity index (χ0n) is 20.9. The van der Waals surface area contributed by atoms with Gasteiger partial charge in [-0.2, -0.15) is 0 Å². The molecular formula is C29H39N3O2. The molecule has 3 aliphatic rings. The van der Waals surface area contributed by atoms with E-state index in [0.29, 0.717) is 36.3 Å². The normalized spacial score (nSPS) is 23.7. The Morgan fingerprint density at radius 1 is 1.00 bits per heavy atom. The van der Waals surface area contributed by atoms with Gasteiger partial charge in [0.15, 0.2) is 0 Å². The third kappa shape index (κ3) is 5.01. The molecule has 34 heavy (non-hydrogen) atoms. The molecule has 2 aliphatic heterocycles. The molecule has 0 spiro atoms. The summed E-state index contributed by atoms with van der Waals surface area (Å²) in [5, 5.41) is 3.05. The van der Waals surface area contributed by atoms with Crippen LogP contribution in [0.5, 0.6) is 0 Å². The van der Waals surface area contributed by atoms with Crippen molar-refractivity contribution in [2.24, 2.45) is 11.8 Å². The lowest BCUT2D eigenvalue weighted by atomic mass is 9.96. The molecule has 182 valence electrons. The van der Waals surface area contributed by atoms with Gasteiger partial charge < -0.3 is 15.0 Å². The van der Waals surface area contributed by atoms with Crippen molar-refractivity contribution in [2.75, 3.05) is 29.9 Å². The maximum atomic E-state index is 12.7. The smallest absolute Gasteiger partial charge is 0.255 e. The quantitative estimate of drug-likeness (QED) is 0.559. The molecule has 1 amide bonds. The Balaban J connectivity index is 1.16. The summed E-state index contributed by atoms with van der Waals surface area (Å²) in [7, 11) is 0. The van der Waals surface area contributed by atoms with Crippen LogP contribution in [0, 0.1) is 11.8 Å². The lowest BCUT2D eigenvalue weighted by molar-refractivity contribution is -0.00866. The number of carbonyl (C=O) groups is 1. The van der Waals surface area contributed by atoms with Crippen LogP contribution in [0.3, 0.4) is 0 Å². The van der Waals surface area contributed by atoms with Crippen molar-refractivity contribution in [3.63, 3.8) is 0 Å². The highest BCUT2D eigenvalue weighted by Crippen LogP contribution is 2.37. The minimum atomic E-state index is -0.0745. The highest BCUT2D eigenvalue weighted by molar-refractivity contribution is 6.04. The van der Waals surface area contributed by atoms with Crippen LogP contribution < -0.4 is 10.2 Å². The first-order chi connectivity index (χ1) is 16.5. The summed E-state index contributed by atoms with van der Waals surface area (Å²) in [6, 6.07) is 17.4. The summed E-state index contributed by atoms with van der Waals surface area (Å²) in [4.78, 5) is 18.0.